The van der Waals surface area contributed by atoms with Crippen LogP contribution in [0.25, 0.3) is 0 Å². The highest BCUT2D eigenvalue weighted by molar-refractivity contribution is 5.98. The first kappa shape index (κ1) is 25.2. The summed E-state index contributed by atoms with van der Waals surface area (Å²) in [5.41, 5.74) is 4.07. The van der Waals surface area contributed by atoms with E-state index in [4.69, 9.17) is 0 Å². The van der Waals surface area contributed by atoms with Gasteiger partial charge in [0.25, 0.3) is 5.91 Å². The molecule has 2 aliphatic heterocycles. The molecule has 1 saturated carbocycles. The fraction of sp³-hybridized carbons (Fsp3) is 0.414. The molecule has 1 saturated heterocycles. The molecule has 0 bridgehead atoms. The number of likely N-dealkylation sites (tertiary alicyclic amines) is 1. The molecule has 0 aromatic rings. The highest BCUT2D eigenvalue weighted by Gasteiger charge is 2.37. The number of hydrogen-bond donors (Lipinski definition) is 1. The van der Waals surface area contributed by atoms with E-state index in [9.17, 15) is 10.1 Å². The Kier molecular flexibility index (Phi) is 8.65. The Morgan fingerprint density at radius 3 is 2.62 bits per heavy atom. The summed E-state index contributed by atoms with van der Waals surface area (Å²) in [5.74, 6) is 0.634. The second-order valence-electron chi connectivity index (χ2n) is 9.27. The summed E-state index contributed by atoms with van der Waals surface area (Å²) in [6.07, 6.45) is 19.8. The number of nitrogens with one attached hydrogen (secondary N) is 1. The molecule has 1 amide bonds. The van der Waals surface area contributed by atoms with Crippen LogP contribution in [0.5, 0.6) is 0 Å². The lowest BCUT2D eigenvalue weighted by Crippen LogP contribution is -2.44. The van der Waals surface area contributed by atoms with Crippen LogP contribution >= 0.6 is 0 Å². The molecule has 178 valence electrons. The first-order valence-electron chi connectivity index (χ1n) is 12.1. The average Bonchev–Trinajstić information content (AvgIpc) is 3.70. The SMILES string of the molecule is C=C/C=C(\N=CC)C1=C(C(=O)N2CCC(C#N)(C/C(C)=C/C=C(\C=C)C3CC3)CC2)C=CCN1. The van der Waals surface area contributed by atoms with Gasteiger partial charge in [0, 0.05) is 25.8 Å². The Labute approximate surface area is 204 Å². The van der Waals surface area contributed by atoms with Crippen molar-refractivity contribution in [1.82, 2.24) is 10.2 Å². The molecule has 0 atom stereocenters. The summed E-state index contributed by atoms with van der Waals surface area (Å²) < 4.78 is 0. The van der Waals surface area contributed by atoms with E-state index in [0.717, 1.165) is 12.1 Å². The molecule has 5 nitrogen and oxygen atoms in total. The van der Waals surface area contributed by atoms with Gasteiger partial charge in [0.15, 0.2) is 0 Å². The molecule has 0 spiro atoms. The van der Waals surface area contributed by atoms with E-state index in [0.29, 0.717) is 49.7 Å². The second-order valence-corrected chi connectivity index (χ2v) is 9.27. The minimum Gasteiger partial charge on any atom is -0.379 e. The topological polar surface area (TPSA) is 68.5 Å². The number of nitrogens with zero attached hydrogens (tertiary/aromatic N) is 3. The highest BCUT2D eigenvalue weighted by atomic mass is 16.2. The van der Waals surface area contributed by atoms with Crippen LogP contribution in [0.2, 0.25) is 0 Å². The number of piperidine rings is 1. The van der Waals surface area contributed by atoms with Crippen LogP contribution in [0, 0.1) is 22.7 Å². The molecule has 2 heterocycles. The molecule has 0 unspecified atom stereocenters. The van der Waals surface area contributed by atoms with Gasteiger partial charge in [-0.05, 0) is 69.6 Å². The van der Waals surface area contributed by atoms with Gasteiger partial charge in [0.1, 0.15) is 0 Å². The number of dihydropyridines is 1. The molecule has 3 rings (SSSR count). The Morgan fingerprint density at radius 1 is 1.29 bits per heavy atom. The Bertz CT molecular complexity index is 1030. The van der Waals surface area contributed by atoms with E-state index in [1.54, 1.807) is 18.4 Å². The predicted molar refractivity (Wildman–Crippen MR) is 140 cm³/mol. The number of nitriles is 1. The molecule has 1 N–H and O–H groups in total. The lowest BCUT2D eigenvalue weighted by atomic mass is 9.75. The van der Waals surface area contributed by atoms with Crippen molar-refractivity contribution in [1.29, 1.82) is 5.26 Å². The summed E-state index contributed by atoms with van der Waals surface area (Å²) in [7, 11) is 0. The molecule has 0 aromatic carbocycles. The van der Waals surface area contributed by atoms with Crippen molar-refractivity contribution >= 4 is 12.1 Å². The van der Waals surface area contributed by atoms with Gasteiger partial charge in [0.2, 0.25) is 0 Å². The lowest BCUT2D eigenvalue weighted by molar-refractivity contribution is -0.128. The number of rotatable bonds is 9. The number of carbonyl (C=O) groups is 1. The monoisotopic (exact) mass is 456 g/mol. The summed E-state index contributed by atoms with van der Waals surface area (Å²) >= 11 is 0. The van der Waals surface area contributed by atoms with E-state index in [2.05, 4.69) is 48.6 Å². The molecular formula is C29H36N4O. The van der Waals surface area contributed by atoms with Crippen molar-refractivity contribution in [3.05, 3.63) is 83.8 Å². The van der Waals surface area contributed by atoms with Crippen molar-refractivity contribution in [3.8, 4) is 6.07 Å². The maximum absolute atomic E-state index is 13.4. The fourth-order valence-electron chi connectivity index (χ4n) is 4.62. The van der Waals surface area contributed by atoms with Gasteiger partial charge in [0.05, 0.1) is 28.5 Å². The van der Waals surface area contributed by atoms with Gasteiger partial charge in [-0.15, -0.1) is 0 Å². The smallest absolute Gasteiger partial charge is 0.256 e. The number of amides is 1. The third kappa shape index (κ3) is 6.14. The Balaban J connectivity index is 1.71. The van der Waals surface area contributed by atoms with Gasteiger partial charge in [-0.25, -0.2) is 0 Å². The quantitative estimate of drug-likeness (QED) is 0.365. The van der Waals surface area contributed by atoms with Crippen molar-refractivity contribution in [2.24, 2.45) is 16.3 Å². The third-order valence-corrected chi connectivity index (χ3v) is 6.69. The van der Waals surface area contributed by atoms with Crippen molar-refractivity contribution in [3.63, 3.8) is 0 Å². The Hall–Kier alpha value is -3.39. The fourth-order valence-corrected chi connectivity index (χ4v) is 4.62. The number of carbonyl (C=O) groups excluding carboxylic acids is 1. The zero-order valence-corrected chi connectivity index (χ0v) is 20.5. The average molecular weight is 457 g/mol. The van der Waals surface area contributed by atoms with Crippen LogP contribution in [0.4, 0.5) is 0 Å². The number of aliphatic imine (C=N–C) groups is 1. The normalized spacial score (nSPS) is 21.3. The largest absolute Gasteiger partial charge is 0.379 e. The molecule has 0 radical (unpaired) electrons. The van der Waals surface area contributed by atoms with Crippen LogP contribution in [-0.2, 0) is 4.79 Å². The highest BCUT2D eigenvalue weighted by Crippen LogP contribution is 2.39. The van der Waals surface area contributed by atoms with Crippen LogP contribution in [0.15, 0.2) is 88.8 Å². The molecule has 3 aliphatic rings. The first-order chi connectivity index (χ1) is 16.5. The van der Waals surface area contributed by atoms with Crippen LogP contribution in [-0.4, -0.2) is 36.7 Å². The minimum absolute atomic E-state index is 0.0264. The zero-order chi connectivity index (χ0) is 24.6. The van der Waals surface area contributed by atoms with Crippen LogP contribution in [0.1, 0.15) is 46.0 Å². The summed E-state index contributed by atoms with van der Waals surface area (Å²) in [6.45, 7) is 13.4. The summed E-state index contributed by atoms with van der Waals surface area (Å²) in [6, 6.07) is 2.59. The number of allylic oxidation sites excluding steroid dienone is 7. The molecule has 1 aliphatic carbocycles. The van der Waals surface area contributed by atoms with Gasteiger partial charge in [-0.3, -0.25) is 9.79 Å². The van der Waals surface area contributed by atoms with E-state index < -0.39 is 5.41 Å². The van der Waals surface area contributed by atoms with Crippen molar-refractivity contribution in [2.45, 2.75) is 46.0 Å². The molecule has 2 fully saturated rings. The van der Waals surface area contributed by atoms with E-state index in [1.165, 1.54) is 24.0 Å². The van der Waals surface area contributed by atoms with E-state index >= 15 is 0 Å². The summed E-state index contributed by atoms with van der Waals surface area (Å²) in [4.78, 5) is 19.7. The van der Waals surface area contributed by atoms with Gasteiger partial charge < -0.3 is 10.2 Å². The second kappa shape index (κ2) is 11.7. The minimum atomic E-state index is -0.433. The van der Waals surface area contributed by atoms with E-state index in [-0.39, 0.29) is 5.91 Å². The molecule has 34 heavy (non-hydrogen) atoms. The van der Waals surface area contributed by atoms with Crippen LogP contribution in [0.3, 0.4) is 0 Å². The Morgan fingerprint density at radius 2 is 2.03 bits per heavy atom. The zero-order valence-electron chi connectivity index (χ0n) is 20.5. The first-order valence-corrected chi connectivity index (χ1v) is 12.1. The summed E-state index contributed by atoms with van der Waals surface area (Å²) in [5, 5.41) is 13.3. The van der Waals surface area contributed by atoms with Crippen molar-refractivity contribution < 1.29 is 4.79 Å². The van der Waals surface area contributed by atoms with Gasteiger partial charge in [-0.1, -0.05) is 49.1 Å². The van der Waals surface area contributed by atoms with Gasteiger partial charge in [-0.2, -0.15) is 5.26 Å². The molecule has 0 aromatic heterocycles. The standard InChI is InChI=1S/C29H36N4O/c1-5-9-26(31-7-3)27-25(10-8-17-32-27)28(34)33-18-15-29(21-30,16-19-33)20-22(4)11-12-23(6-2)24-13-14-24/h5-12,24,32H,1-2,13-20H2,3-4H3/b22-11+,23-12+,26-9-,31-7?. The third-order valence-electron chi connectivity index (χ3n) is 6.69. The molecular weight excluding hydrogens is 420 g/mol. The number of hydrogen-bond acceptors (Lipinski definition) is 4. The van der Waals surface area contributed by atoms with Crippen molar-refractivity contribution in [2.75, 3.05) is 19.6 Å². The maximum atomic E-state index is 13.4. The van der Waals surface area contributed by atoms with Gasteiger partial charge >= 0.3 is 0 Å². The lowest BCUT2D eigenvalue weighted by Gasteiger charge is -2.38. The molecule has 5 heteroatoms. The predicted octanol–water partition coefficient (Wildman–Crippen LogP) is 5.55. The van der Waals surface area contributed by atoms with E-state index in [1.807, 2.05) is 30.1 Å². The van der Waals surface area contributed by atoms with Crippen LogP contribution < -0.4 is 5.32 Å². The maximum Gasteiger partial charge on any atom is 0.256 e.